The summed E-state index contributed by atoms with van der Waals surface area (Å²) < 4.78 is 0. The Morgan fingerprint density at radius 2 is 2.36 bits per heavy atom. The van der Waals surface area contributed by atoms with Crippen molar-refractivity contribution in [1.82, 2.24) is 0 Å². The van der Waals surface area contributed by atoms with Gasteiger partial charge in [0.25, 0.3) is 0 Å². The molecule has 3 heteroatoms. The average molecular weight is 156 g/mol. The van der Waals surface area contributed by atoms with Gasteiger partial charge in [0.1, 0.15) is 11.4 Å². The van der Waals surface area contributed by atoms with Crippen LogP contribution in [0.1, 0.15) is 26.7 Å². The average Bonchev–Trinajstić information content (AvgIpc) is 1.85. The van der Waals surface area contributed by atoms with Gasteiger partial charge in [-0.3, -0.25) is 9.59 Å². The second-order valence-electron chi connectivity index (χ2n) is 3.38. The van der Waals surface area contributed by atoms with Gasteiger partial charge < -0.3 is 5.11 Å². The molecule has 0 aromatic heterocycles. The highest BCUT2D eigenvalue weighted by Crippen LogP contribution is 2.36. The Kier molecular flexibility index (Phi) is 1.84. The summed E-state index contributed by atoms with van der Waals surface area (Å²) in [4.78, 5) is 21.6. The van der Waals surface area contributed by atoms with Gasteiger partial charge in [-0.05, 0) is 13.3 Å². The normalized spacial score (nSPS) is 36.6. The highest BCUT2D eigenvalue weighted by molar-refractivity contribution is 5.98. The molecule has 0 amide bonds. The number of ketones is 2. The first kappa shape index (κ1) is 8.40. The highest BCUT2D eigenvalue weighted by atomic mass is 16.3. The van der Waals surface area contributed by atoms with Crippen molar-refractivity contribution < 1.29 is 14.7 Å². The summed E-state index contributed by atoms with van der Waals surface area (Å²) in [6, 6.07) is 0. The minimum atomic E-state index is -1.31. The molecule has 1 N–H and O–H groups in total. The summed E-state index contributed by atoms with van der Waals surface area (Å²) in [5.41, 5.74) is -1.31. The lowest BCUT2D eigenvalue weighted by Crippen LogP contribution is -2.54. The van der Waals surface area contributed by atoms with Crippen LogP contribution in [0.3, 0.4) is 0 Å². The molecule has 0 saturated heterocycles. The molecule has 0 bridgehead atoms. The van der Waals surface area contributed by atoms with E-state index < -0.39 is 5.60 Å². The van der Waals surface area contributed by atoms with Crippen LogP contribution >= 0.6 is 0 Å². The topological polar surface area (TPSA) is 54.4 Å². The summed E-state index contributed by atoms with van der Waals surface area (Å²) in [6.07, 6.45) is 0.418. The fourth-order valence-corrected chi connectivity index (χ4v) is 1.60. The Bertz CT molecular complexity index is 209. The molecular weight excluding hydrogens is 144 g/mol. The van der Waals surface area contributed by atoms with Gasteiger partial charge in [-0.15, -0.1) is 0 Å². The van der Waals surface area contributed by atoms with E-state index in [0.29, 0.717) is 6.42 Å². The fourth-order valence-electron chi connectivity index (χ4n) is 1.60. The van der Waals surface area contributed by atoms with Crippen LogP contribution in [0.5, 0.6) is 0 Å². The Morgan fingerprint density at radius 3 is 2.64 bits per heavy atom. The molecule has 0 radical (unpaired) electrons. The summed E-state index contributed by atoms with van der Waals surface area (Å²) in [6.45, 7) is 3.14. The lowest BCUT2D eigenvalue weighted by atomic mass is 9.68. The molecule has 2 atom stereocenters. The van der Waals surface area contributed by atoms with E-state index in [9.17, 15) is 14.7 Å². The van der Waals surface area contributed by atoms with E-state index in [1.807, 2.05) is 0 Å². The third kappa shape index (κ3) is 1.33. The van der Waals surface area contributed by atoms with Crippen LogP contribution in [0, 0.1) is 5.92 Å². The summed E-state index contributed by atoms with van der Waals surface area (Å²) in [5, 5.41) is 9.45. The second kappa shape index (κ2) is 2.41. The molecule has 1 saturated carbocycles. The number of hydrogen-bond donors (Lipinski definition) is 1. The quantitative estimate of drug-likeness (QED) is 0.625. The predicted octanol–water partition coefficient (Wildman–Crippen LogP) is 0.305. The maximum absolute atomic E-state index is 11.0. The van der Waals surface area contributed by atoms with Crippen LogP contribution in [0.2, 0.25) is 0 Å². The molecule has 11 heavy (non-hydrogen) atoms. The number of rotatable bonds is 2. The van der Waals surface area contributed by atoms with E-state index in [4.69, 9.17) is 0 Å². The van der Waals surface area contributed by atoms with Crippen molar-refractivity contribution in [3.63, 3.8) is 0 Å². The third-order valence-electron chi connectivity index (χ3n) is 2.09. The summed E-state index contributed by atoms with van der Waals surface area (Å²) in [5.74, 6) is -0.389. The number of hydrogen-bond acceptors (Lipinski definition) is 3. The van der Waals surface area contributed by atoms with E-state index in [1.54, 1.807) is 6.92 Å². The molecular formula is C8H12O3. The molecule has 0 heterocycles. The van der Waals surface area contributed by atoms with Gasteiger partial charge in [-0.25, -0.2) is 0 Å². The molecule has 1 aliphatic rings. The highest BCUT2D eigenvalue weighted by Gasteiger charge is 2.50. The van der Waals surface area contributed by atoms with Gasteiger partial charge in [0.05, 0.1) is 0 Å². The van der Waals surface area contributed by atoms with Crippen molar-refractivity contribution in [2.75, 3.05) is 0 Å². The van der Waals surface area contributed by atoms with Crippen LogP contribution in [-0.4, -0.2) is 22.3 Å². The minimum Gasteiger partial charge on any atom is -0.382 e. The van der Waals surface area contributed by atoms with E-state index >= 15 is 0 Å². The maximum Gasteiger partial charge on any atom is 0.167 e. The van der Waals surface area contributed by atoms with E-state index in [-0.39, 0.29) is 23.9 Å². The maximum atomic E-state index is 11.0. The predicted molar refractivity (Wildman–Crippen MR) is 39.0 cm³/mol. The first-order chi connectivity index (χ1) is 4.96. The van der Waals surface area contributed by atoms with E-state index in [2.05, 4.69) is 0 Å². The smallest absolute Gasteiger partial charge is 0.167 e. The molecule has 0 spiro atoms. The van der Waals surface area contributed by atoms with E-state index in [1.165, 1.54) is 6.92 Å². The van der Waals surface area contributed by atoms with Crippen LogP contribution in [-0.2, 0) is 9.59 Å². The number of aliphatic hydroxyl groups is 1. The zero-order valence-electron chi connectivity index (χ0n) is 6.76. The van der Waals surface area contributed by atoms with Crippen molar-refractivity contribution in [1.29, 1.82) is 0 Å². The zero-order chi connectivity index (χ0) is 8.65. The Morgan fingerprint density at radius 1 is 1.82 bits per heavy atom. The zero-order valence-corrected chi connectivity index (χ0v) is 6.76. The van der Waals surface area contributed by atoms with Crippen LogP contribution in [0.25, 0.3) is 0 Å². The van der Waals surface area contributed by atoms with Crippen molar-refractivity contribution in [2.24, 2.45) is 5.92 Å². The van der Waals surface area contributed by atoms with Gasteiger partial charge in [0, 0.05) is 12.3 Å². The standard InChI is InChI=1S/C8H12O3/c1-5-3-8(11,7(5)10)4-6(2)9/h5,11H,3-4H2,1-2H3/t5?,8-/m0/s1. The van der Waals surface area contributed by atoms with Crippen molar-refractivity contribution >= 4 is 11.6 Å². The Balaban J connectivity index is 2.58. The molecule has 1 aliphatic carbocycles. The summed E-state index contributed by atoms with van der Waals surface area (Å²) in [7, 11) is 0. The number of carbonyl (C=O) groups is 2. The van der Waals surface area contributed by atoms with Crippen LogP contribution in [0.4, 0.5) is 0 Å². The second-order valence-corrected chi connectivity index (χ2v) is 3.38. The van der Waals surface area contributed by atoms with Crippen LogP contribution < -0.4 is 0 Å². The van der Waals surface area contributed by atoms with Crippen molar-refractivity contribution in [2.45, 2.75) is 32.3 Å². The van der Waals surface area contributed by atoms with Crippen LogP contribution in [0.15, 0.2) is 0 Å². The monoisotopic (exact) mass is 156 g/mol. The minimum absolute atomic E-state index is 0.0177. The molecule has 62 valence electrons. The molecule has 0 aromatic rings. The molecule has 3 nitrogen and oxygen atoms in total. The van der Waals surface area contributed by atoms with E-state index in [0.717, 1.165) is 0 Å². The number of Topliss-reactive ketones (excluding diaryl/α,β-unsaturated/α-hetero) is 2. The first-order valence-electron chi connectivity index (χ1n) is 3.72. The molecule has 1 rings (SSSR count). The van der Waals surface area contributed by atoms with Gasteiger partial charge in [0.15, 0.2) is 5.78 Å². The van der Waals surface area contributed by atoms with Gasteiger partial charge >= 0.3 is 0 Å². The lowest BCUT2D eigenvalue weighted by molar-refractivity contribution is -0.162. The fraction of sp³-hybridized carbons (Fsp3) is 0.750. The van der Waals surface area contributed by atoms with Gasteiger partial charge in [0.2, 0.25) is 0 Å². The first-order valence-corrected chi connectivity index (χ1v) is 3.72. The Labute approximate surface area is 65.4 Å². The summed E-state index contributed by atoms with van der Waals surface area (Å²) >= 11 is 0. The van der Waals surface area contributed by atoms with Gasteiger partial charge in [-0.2, -0.15) is 0 Å². The molecule has 1 fully saturated rings. The molecule has 1 unspecified atom stereocenters. The number of carbonyl (C=O) groups excluding carboxylic acids is 2. The van der Waals surface area contributed by atoms with Gasteiger partial charge in [-0.1, -0.05) is 6.92 Å². The molecule has 0 aliphatic heterocycles. The molecule has 0 aromatic carbocycles. The Hall–Kier alpha value is -0.700. The lowest BCUT2D eigenvalue weighted by Gasteiger charge is -2.39. The third-order valence-corrected chi connectivity index (χ3v) is 2.09. The largest absolute Gasteiger partial charge is 0.382 e. The van der Waals surface area contributed by atoms with Crippen molar-refractivity contribution in [3.8, 4) is 0 Å². The SMILES string of the molecule is CC(=O)C[C@@]1(O)CC(C)C1=O. The van der Waals surface area contributed by atoms with Crippen molar-refractivity contribution in [3.05, 3.63) is 0 Å².